The third-order valence-corrected chi connectivity index (χ3v) is 5.08. The van der Waals surface area contributed by atoms with Gasteiger partial charge in [-0.25, -0.2) is 4.79 Å². The van der Waals surface area contributed by atoms with Crippen LogP contribution in [0.15, 0.2) is 18.2 Å². The van der Waals surface area contributed by atoms with Gasteiger partial charge in [0.15, 0.2) is 0 Å². The summed E-state index contributed by atoms with van der Waals surface area (Å²) in [6.07, 6.45) is -15.9. The van der Waals surface area contributed by atoms with Crippen molar-refractivity contribution >= 4 is 23.3 Å². The Morgan fingerprint density at radius 1 is 1.29 bits per heavy atom. The van der Waals surface area contributed by atoms with Gasteiger partial charge < -0.3 is 15.1 Å². The number of aryl methyl sites for hydroxylation is 1. The van der Waals surface area contributed by atoms with Crippen molar-refractivity contribution in [2.75, 3.05) is 51.7 Å². The quantitative estimate of drug-likeness (QED) is 0.785. The molecule has 0 unspecified atom stereocenters. The lowest BCUT2D eigenvalue weighted by Gasteiger charge is -2.37. The fraction of sp³-hybridized carbons (Fsp3) is 0.682. The van der Waals surface area contributed by atoms with E-state index in [-0.39, 0.29) is 13.1 Å². The van der Waals surface area contributed by atoms with Crippen LogP contribution in [0.5, 0.6) is 0 Å². The van der Waals surface area contributed by atoms with Crippen molar-refractivity contribution in [2.24, 2.45) is 5.89 Å². The van der Waals surface area contributed by atoms with Crippen molar-refractivity contribution in [2.45, 2.75) is 44.9 Å². The first-order valence-corrected chi connectivity index (χ1v) is 9.55. The summed E-state index contributed by atoms with van der Waals surface area (Å²) < 4.78 is 103. The van der Waals surface area contributed by atoms with Crippen molar-refractivity contribution < 1.29 is 21.2 Å². The first kappa shape index (κ1) is 10.5. The molecule has 0 aromatic heterocycles. The van der Waals surface area contributed by atoms with E-state index >= 15 is 0 Å². The average molecular weight is 419 g/mol. The number of anilines is 1. The topological polar surface area (TPSA) is 38.8 Å². The number of hydrogen-bond donors (Lipinski definition) is 1. The lowest BCUT2D eigenvalue weighted by Crippen LogP contribution is -2.47. The van der Waals surface area contributed by atoms with E-state index in [0.29, 0.717) is 18.1 Å². The first-order chi connectivity index (χ1) is 17.9. The summed E-state index contributed by atoms with van der Waals surface area (Å²) in [4.78, 5) is 16.5. The zero-order valence-electron chi connectivity index (χ0n) is 28.4. The molecule has 0 radical (unpaired) electrons. The van der Waals surface area contributed by atoms with Gasteiger partial charge in [0, 0.05) is 61.4 Å². The van der Waals surface area contributed by atoms with Gasteiger partial charge in [0.05, 0.1) is 12.1 Å². The number of rotatable bonds is 5. The van der Waals surface area contributed by atoms with Gasteiger partial charge in [0.1, 0.15) is 0 Å². The highest BCUT2D eigenvalue weighted by molar-refractivity contribution is 6.34. The van der Waals surface area contributed by atoms with Crippen LogP contribution in [0.2, 0.25) is 5.02 Å². The molecule has 1 saturated carbocycles. The van der Waals surface area contributed by atoms with Crippen molar-refractivity contribution in [1.29, 1.82) is 0 Å². The molecule has 1 saturated heterocycles. The number of urea groups is 1. The number of nitrogens with zero attached hydrogens (tertiary/aromatic N) is 3. The van der Waals surface area contributed by atoms with Crippen LogP contribution in [-0.2, 0) is 0 Å². The monoisotopic (exact) mass is 418 g/mol. The molecule has 5 nitrogen and oxygen atoms in total. The van der Waals surface area contributed by atoms with Crippen LogP contribution in [0, 0.1) is 12.8 Å². The van der Waals surface area contributed by atoms with E-state index in [2.05, 4.69) is 0 Å². The SMILES string of the molecule is [2H]C([2H])(CC1([2H])C([2H])([2H])C([2H])([2H])C([2H])(NC(=O)N(C)C)C([2H])([2H])C1([2H])[2H])N1CCN(c2cccc(C)c2Cl)CC1. The van der Waals surface area contributed by atoms with Gasteiger partial charge in [-0.3, -0.25) is 4.90 Å². The maximum Gasteiger partial charge on any atom is 0.317 e. The van der Waals surface area contributed by atoms with Gasteiger partial charge in [-0.2, -0.15) is 0 Å². The Labute approximate surface area is 191 Å². The van der Waals surface area contributed by atoms with Gasteiger partial charge in [-0.15, -0.1) is 0 Å². The minimum atomic E-state index is -3.67. The van der Waals surface area contributed by atoms with E-state index in [1.807, 2.05) is 30.0 Å². The third-order valence-electron chi connectivity index (χ3n) is 4.59. The Kier molecular flexibility index (Phi) is 3.70. The Balaban J connectivity index is 1.96. The molecule has 1 aliphatic heterocycles. The van der Waals surface area contributed by atoms with E-state index in [9.17, 15) is 4.79 Å². The number of carbonyl (C=O) groups excluding carboxylic acids is 1. The van der Waals surface area contributed by atoms with Gasteiger partial charge in [0.2, 0.25) is 0 Å². The summed E-state index contributed by atoms with van der Waals surface area (Å²) in [5, 5.41) is 2.35. The molecule has 3 rings (SSSR count). The van der Waals surface area contributed by atoms with Crippen LogP contribution < -0.4 is 10.2 Å². The zero-order chi connectivity index (χ0) is 30.9. The molecule has 6 heteroatoms. The summed E-state index contributed by atoms with van der Waals surface area (Å²) >= 11 is 6.44. The predicted octanol–water partition coefficient (Wildman–Crippen LogP) is 3.99. The van der Waals surface area contributed by atoms with Crippen LogP contribution >= 0.6 is 11.6 Å². The normalized spacial score (nSPS) is 42.8. The molecule has 2 amide bonds. The summed E-state index contributed by atoms with van der Waals surface area (Å²) in [5.74, 6) is -3.36. The first-order valence-electron chi connectivity index (χ1n) is 15.2. The molecule has 1 aliphatic carbocycles. The highest BCUT2D eigenvalue weighted by atomic mass is 35.5. The smallest absolute Gasteiger partial charge is 0.317 e. The Morgan fingerprint density at radius 2 is 1.96 bits per heavy atom. The minimum Gasteiger partial charge on any atom is -0.368 e. The van der Waals surface area contributed by atoms with Gasteiger partial charge in [-0.05, 0) is 62.9 Å². The van der Waals surface area contributed by atoms with Crippen LogP contribution in [0.25, 0.3) is 0 Å². The Bertz CT molecular complexity index is 1110. The van der Waals surface area contributed by atoms with Gasteiger partial charge >= 0.3 is 6.03 Å². The van der Waals surface area contributed by atoms with E-state index in [1.54, 1.807) is 5.32 Å². The van der Waals surface area contributed by atoms with E-state index < -0.39 is 56.4 Å². The van der Waals surface area contributed by atoms with Crippen LogP contribution in [0.1, 0.15) is 53.9 Å². The van der Waals surface area contributed by atoms with Gasteiger partial charge in [0.25, 0.3) is 0 Å². The minimum absolute atomic E-state index is 0.0837. The van der Waals surface area contributed by atoms with Crippen LogP contribution in [-0.4, -0.2) is 68.6 Å². The average Bonchev–Trinajstić information content (AvgIpc) is 2.84. The molecular formula is C22H35ClN4O. The van der Waals surface area contributed by atoms with Crippen LogP contribution in [0.4, 0.5) is 10.5 Å². The maximum absolute atomic E-state index is 12.4. The second-order valence-corrected chi connectivity index (χ2v) is 7.27. The standard InChI is InChI=1S/C22H35ClN4O/c1-17-5-4-6-20(21(17)23)27-15-13-26(14-16-27)12-11-18-7-9-19(10-8-18)24-22(28)25(2)3/h4-6,18-19H,7-16H2,1-3H3,(H,24,28)/i7D2,8D2,9D2,10D2,12D2,18D,19D. The van der Waals surface area contributed by atoms with E-state index in [0.717, 1.165) is 16.2 Å². The lowest BCUT2D eigenvalue weighted by atomic mass is 9.84. The highest BCUT2D eigenvalue weighted by Gasteiger charge is 2.24. The molecule has 1 heterocycles. The highest BCUT2D eigenvalue weighted by Crippen LogP contribution is 2.30. The molecule has 0 atom stereocenters. The van der Waals surface area contributed by atoms with E-state index in [1.165, 1.54) is 19.0 Å². The molecule has 0 spiro atoms. The van der Waals surface area contributed by atoms with Crippen molar-refractivity contribution in [3.8, 4) is 0 Å². The molecule has 2 fully saturated rings. The fourth-order valence-corrected chi connectivity index (χ4v) is 3.13. The Hall–Kier alpha value is -1.46. The summed E-state index contributed by atoms with van der Waals surface area (Å²) in [7, 11) is 2.46. The maximum atomic E-state index is 12.4. The van der Waals surface area contributed by atoms with Gasteiger partial charge in [-0.1, -0.05) is 23.7 Å². The summed E-state index contributed by atoms with van der Waals surface area (Å²) in [5.41, 5.74) is 1.62. The fourth-order valence-electron chi connectivity index (χ4n) is 2.88. The molecule has 1 aromatic rings. The largest absolute Gasteiger partial charge is 0.368 e. The number of amides is 2. The summed E-state index contributed by atoms with van der Waals surface area (Å²) in [6, 6.07) is 0.859. The number of piperazine rings is 1. The van der Waals surface area contributed by atoms with Crippen molar-refractivity contribution in [1.82, 2.24) is 15.1 Å². The second kappa shape index (κ2) is 9.84. The van der Waals surface area contributed by atoms with E-state index in [4.69, 9.17) is 28.1 Å². The Morgan fingerprint density at radius 3 is 2.61 bits per heavy atom. The molecule has 0 bridgehead atoms. The molecule has 2 aliphatic rings. The van der Waals surface area contributed by atoms with Crippen molar-refractivity contribution in [3.63, 3.8) is 0 Å². The van der Waals surface area contributed by atoms with Crippen molar-refractivity contribution in [3.05, 3.63) is 28.8 Å². The molecule has 28 heavy (non-hydrogen) atoms. The number of benzene rings is 1. The number of halogens is 1. The summed E-state index contributed by atoms with van der Waals surface area (Å²) in [6.45, 7) is 0.0745. The van der Waals surface area contributed by atoms with Crippen LogP contribution in [0.3, 0.4) is 0 Å². The molecule has 1 aromatic carbocycles. The predicted molar refractivity (Wildman–Crippen MR) is 117 cm³/mol. The number of hydrogen-bond acceptors (Lipinski definition) is 3. The number of carbonyl (C=O) groups is 1. The molecule has 156 valence electrons. The second-order valence-electron chi connectivity index (χ2n) is 6.90. The molecular weight excluding hydrogens is 372 g/mol. The third kappa shape index (κ3) is 5.54. The molecule has 1 N–H and O–H groups in total. The lowest BCUT2D eigenvalue weighted by molar-refractivity contribution is 0.194. The number of nitrogens with one attached hydrogen (secondary N) is 1. The zero-order valence-corrected chi connectivity index (χ0v) is 17.2.